The number of benzene rings is 3. The second kappa shape index (κ2) is 12.8. The molecule has 0 amide bonds. The highest BCUT2D eigenvalue weighted by atomic mass is 32.2. The van der Waals surface area contributed by atoms with Gasteiger partial charge in [0, 0.05) is 36.2 Å². The van der Waals surface area contributed by atoms with Crippen molar-refractivity contribution in [2.75, 3.05) is 26.5 Å². The Bertz CT molecular complexity index is 1820. The summed E-state index contributed by atoms with van der Waals surface area (Å²) in [6.07, 6.45) is 0.937. The monoisotopic (exact) mass is 598 g/mol. The van der Waals surface area contributed by atoms with Crippen LogP contribution in [0.1, 0.15) is 22.9 Å². The third-order valence-corrected chi connectivity index (χ3v) is 8.22. The fourth-order valence-corrected chi connectivity index (χ4v) is 5.87. The van der Waals surface area contributed by atoms with Gasteiger partial charge in [-0.1, -0.05) is 48.5 Å². The highest BCUT2D eigenvalue weighted by Gasteiger charge is 2.26. The van der Waals surface area contributed by atoms with Gasteiger partial charge in [0.2, 0.25) is 0 Å². The Morgan fingerprint density at radius 3 is 2.31 bits per heavy atom. The molecule has 0 aliphatic rings. The number of nitrogens with two attached hydrogens (primary N) is 1. The fourth-order valence-electron chi connectivity index (χ4n) is 4.93. The Morgan fingerprint density at radius 2 is 1.67 bits per heavy atom. The van der Waals surface area contributed by atoms with Crippen LogP contribution < -0.4 is 27.0 Å². The summed E-state index contributed by atoms with van der Waals surface area (Å²) in [4.78, 5) is 27.7. The molecule has 0 radical (unpaired) electrons. The van der Waals surface area contributed by atoms with Crippen molar-refractivity contribution < 1.29 is 21.9 Å². The van der Waals surface area contributed by atoms with Crippen LogP contribution in [0.25, 0.3) is 11.1 Å². The molecule has 0 spiro atoms. The summed E-state index contributed by atoms with van der Waals surface area (Å²) in [6.45, 7) is 1.40. The van der Waals surface area contributed by atoms with E-state index in [1.54, 1.807) is 0 Å². The zero-order valence-corrected chi connectivity index (χ0v) is 24.3. The number of sulfone groups is 1. The molecular weight excluding hydrogens is 566 g/mol. The zero-order chi connectivity index (χ0) is 30.6. The van der Waals surface area contributed by atoms with Crippen molar-refractivity contribution in [1.29, 1.82) is 0 Å². The highest BCUT2D eigenvalue weighted by molar-refractivity contribution is 7.90. The lowest BCUT2D eigenvalue weighted by Gasteiger charge is -2.23. The number of nitrogens with one attached hydrogen (secondary N) is 1. The van der Waals surface area contributed by atoms with Gasteiger partial charge in [0.05, 0.1) is 36.7 Å². The second-order valence-electron chi connectivity index (χ2n) is 9.76. The van der Waals surface area contributed by atoms with Gasteiger partial charge in [0.1, 0.15) is 5.82 Å². The average molecular weight is 599 g/mol. The number of ether oxygens (including phenoxy) is 1. The lowest BCUT2D eigenvalue weighted by molar-refractivity contribution is 0.387. The summed E-state index contributed by atoms with van der Waals surface area (Å²) in [5.41, 5.74) is 4.40. The van der Waals surface area contributed by atoms with Gasteiger partial charge in [-0.15, -0.1) is 0 Å². The van der Waals surface area contributed by atoms with Crippen molar-refractivity contribution in [2.45, 2.75) is 31.0 Å². The van der Waals surface area contributed by atoms with Gasteiger partial charge >= 0.3 is 5.69 Å². The predicted molar refractivity (Wildman–Crippen MR) is 156 cm³/mol. The molecule has 1 aromatic heterocycles. The highest BCUT2D eigenvalue weighted by Crippen LogP contribution is 2.29. The van der Waals surface area contributed by atoms with Gasteiger partial charge in [0.15, 0.2) is 21.4 Å². The number of methoxy groups -OCH3 is 1. The van der Waals surface area contributed by atoms with Gasteiger partial charge in [-0.3, -0.25) is 13.9 Å². The van der Waals surface area contributed by atoms with Crippen LogP contribution in [0.5, 0.6) is 5.75 Å². The van der Waals surface area contributed by atoms with Crippen LogP contribution in [0.4, 0.5) is 8.78 Å². The van der Waals surface area contributed by atoms with Crippen molar-refractivity contribution in [2.24, 2.45) is 5.73 Å². The van der Waals surface area contributed by atoms with E-state index in [4.69, 9.17) is 10.5 Å². The molecule has 1 atom stereocenters. The predicted octanol–water partition coefficient (Wildman–Crippen LogP) is 3.01. The van der Waals surface area contributed by atoms with Crippen molar-refractivity contribution in [3.63, 3.8) is 0 Å². The zero-order valence-electron chi connectivity index (χ0n) is 23.4. The first-order chi connectivity index (χ1) is 20.0. The Morgan fingerprint density at radius 1 is 0.976 bits per heavy atom. The number of halogens is 2. The smallest absolute Gasteiger partial charge is 0.331 e. The Hall–Kier alpha value is -4.13. The number of rotatable bonds is 11. The van der Waals surface area contributed by atoms with Crippen molar-refractivity contribution in [1.82, 2.24) is 14.5 Å². The fraction of sp³-hybridized carbons (Fsp3) is 0.267. The lowest BCUT2D eigenvalue weighted by Crippen LogP contribution is -2.45. The molecule has 0 saturated carbocycles. The van der Waals surface area contributed by atoms with Gasteiger partial charge in [0.25, 0.3) is 5.56 Å². The number of nitrogens with zero attached hydrogens (tertiary/aromatic N) is 2. The first-order valence-electron chi connectivity index (χ1n) is 13.1. The number of aromatic nitrogens is 2. The molecule has 3 aromatic carbocycles. The Balaban J connectivity index is 2.02. The maximum absolute atomic E-state index is 15.6. The van der Waals surface area contributed by atoms with Crippen molar-refractivity contribution in [3.8, 4) is 16.9 Å². The third kappa shape index (κ3) is 6.20. The van der Waals surface area contributed by atoms with E-state index in [-0.39, 0.29) is 46.1 Å². The van der Waals surface area contributed by atoms with E-state index in [1.165, 1.54) is 44.4 Å². The van der Waals surface area contributed by atoms with Crippen LogP contribution in [0.15, 0.2) is 81.2 Å². The molecule has 0 aliphatic heterocycles. The van der Waals surface area contributed by atoms with Gasteiger partial charge in [-0.2, -0.15) is 0 Å². The van der Waals surface area contributed by atoms with Gasteiger partial charge in [-0.05, 0) is 30.7 Å². The summed E-state index contributed by atoms with van der Waals surface area (Å²) in [7, 11) is -2.60. The minimum Gasteiger partial charge on any atom is -0.494 e. The molecule has 9 nitrogen and oxygen atoms in total. The molecule has 4 rings (SSSR count). The van der Waals surface area contributed by atoms with Crippen molar-refractivity contribution >= 4 is 9.84 Å². The van der Waals surface area contributed by atoms with Crippen LogP contribution in [-0.2, 0) is 22.9 Å². The standard InChI is InChI=1S/C30H32F2N4O5S/c1-19-27(21-11-7-13-25(41-2)28(21)32)29(37)36(18-24(34-16-15-33)20-9-5-4-6-10-20)30(38)35(19)17-22-23(31)12-8-14-26(22)42(3,39)40/h4-14,24,34H,15-18,33H2,1-3H3/t24-/m0/s1. The summed E-state index contributed by atoms with van der Waals surface area (Å²) in [6, 6.07) is 16.4. The normalized spacial score (nSPS) is 12.3. The summed E-state index contributed by atoms with van der Waals surface area (Å²) in [5.74, 6) is -1.78. The quantitative estimate of drug-likeness (QED) is 0.272. The minimum absolute atomic E-state index is 0.0299. The third-order valence-electron chi connectivity index (χ3n) is 7.03. The molecule has 222 valence electrons. The molecule has 0 unspecified atom stereocenters. The molecular formula is C30H32F2N4O5S. The maximum Gasteiger partial charge on any atom is 0.331 e. The summed E-state index contributed by atoms with van der Waals surface area (Å²) in [5, 5.41) is 3.23. The van der Waals surface area contributed by atoms with E-state index >= 15 is 8.78 Å². The van der Waals surface area contributed by atoms with E-state index in [1.807, 2.05) is 30.3 Å². The second-order valence-corrected chi connectivity index (χ2v) is 11.7. The maximum atomic E-state index is 15.6. The number of hydrogen-bond acceptors (Lipinski definition) is 7. The molecule has 4 aromatic rings. The molecule has 42 heavy (non-hydrogen) atoms. The largest absolute Gasteiger partial charge is 0.494 e. The first-order valence-corrected chi connectivity index (χ1v) is 15.0. The van der Waals surface area contributed by atoms with Crippen molar-refractivity contribution in [3.05, 3.63) is 116 Å². The number of hydrogen-bond donors (Lipinski definition) is 2. The van der Waals surface area contributed by atoms with E-state index in [0.29, 0.717) is 6.54 Å². The summed E-state index contributed by atoms with van der Waals surface area (Å²) >= 11 is 0. The topological polar surface area (TPSA) is 125 Å². The SMILES string of the molecule is COc1cccc(-c2c(C)n(Cc3c(F)cccc3S(C)(=O)=O)c(=O)n(C[C@H](NCCN)c3ccccc3)c2=O)c1F. The van der Waals surface area contributed by atoms with E-state index in [2.05, 4.69) is 5.32 Å². The average Bonchev–Trinajstić information content (AvgIpc) is 2.96. The van der Waals surface area contributed by atoms with Crippen LogP contribution in [0.2, 0.25) is 0 Å². The van der Waals surface area contributed by atoms with Crippen LogP contribution in [0.3, 0.4) is 0 Å². The van der Waals surface area contributed by atoms with Crippen LogP contribution in [0, 0.1) is 18.6 Å². The van der Waals surface area contributed by atoms with Crippen LogP contribution >= 0.6 is 0 Å². The Kier molecular flexibility index (Phi) is 9.40. The van der Waals surface area contributed by atoms with Gasteiger partial charge in [-0.25, -0.2) is 22.0 Å². The van der Waals surface area contributed by atoms with Crippen LogP contribution in [-0.4, -0.2) is 44.0 Å². The van der Waals surface area contributed by atoms with E-state index in [9.17, 15) is 18.0 Å². The molecule has 1 heterocycles. The lowest BCUT2D eigenvalue weighted by atomic mass is 10.0. The first kappa shape index (κ1) is 30.8. The molecule has 0 fully saturated rings. The van der Waals surface area contributed by atoms with E-state index < -0.39 is 45.3 Å². The summed E-state index contributed by atoms with van der Waals surface area (Å²) < 4.78 is 62.8. The van der Waals surface area contributed by atoms with E-state index in [0.717, 1.165) is 27.0 Å². The molecule has 12 heteroatoms. The minimum atomic E-state index is -3.89. The van der Waals surface area contributed by atoms with Gasteiger partial charge < -0.3 is 15.8 Å². The molecule has 0 aliphatic carbocycles. The Labute approximate surface area is 242 Å². The molecule has 3 N–H and O–H groups in total. The molecule has 0 bridgehead atoms. The molecule has 0 saturated heterocycles.